The molecule has 0 spiro atoms. The topological polar surface area (TPSA) is 86.8 Å². The Labute approximate surface area is 239 Å². The largest absolute Gasteiger partial charge is 0.350 e. The highest BCUT2D eigenvalue weighted by molar-refractivity contribution is 7.92. The molecule has 0 bridgehead atoms. The number of nitrogens with zero attached hydrogens (tertiary/aromatic N) is 2. The predicted octanol–water partition coefficient (Wildman–Crippen LogP) is 4.93. The monoisotopic (exact) mass is 563 g/mol. The molecule has 0 aliphatic rings. The van der Waals surface area contributed by atoms with E-state index in [-0.39, 0.29) is 18.9 Å². The number of sulfonamides is 1. The SMILES string of the molecule is Cc1ccc(CN(C(=O)CN(c2ccc(C)c(C)c2)S(C)(=O)=O)C(Cc2ccccc2)C(=O)NC(C)(C)C)cc1. The summed E-state index contributed by atoms with van der Waals surface area (Å²) in [4.78, 5) is 29.4. The Bertz CT molecular complexity index is 1430. The molecule has 3 rings (SSSR count). The van der Waals surface area contributed by atoms with Crippen molar-refractivity contribution in [3.05, 3.63) is 101 Å². The van der Waals surface area contributed by atoms with Gasteiger partial charge in [0.25, 0.3) is 0 Å². The van der Waals surface area contributed by atoms with Gasteiger partial charge in [-0.15, -0.1) is 0 Å². The van der Waals surface area contributed by atoms with Crippen molar-refractivity contribution in [1.82, 2.24) is 10.2 Å². The first kappa shape index (κ1) is 30.9. The van der Waals surface area contributed by atoms with Crippen molar-refractivity contribution < 1.29 is 18.0 Å². The Morgan fingerprint density at radius 3 is 2.02 bits per heavy atom. The van der Waals surface area contributed by atoms with E-state index in [2.05, 4.69) is 5.32 Å². The van der Waals surface area contributed by atoms with Crippen LogP contribution in [-0.2, 0) is 32.6 Å². The summed E-state index contributed by atoms with van der Waals surface area (Å²) < 4.78 is 27.0. The third-order valence-electron chi connectivity index (χ3n) is 6.70. The van der Waals surface area contributed by atoms with Gasteiger partial charge in [-0.25, -0.2) is 8.42 Å². The van der Waals surface area contributed by atoms with E-state index in [9.17, 15) is 18.0 Å². The third-order valence-corrected chi connectivity index (χ3v) is 7.84. The molecule has 0 saturated carbocycles. The molecular formula is C32H41N3O4S. The molecule has 0 aromatic heterocycles. The van der Waals surface area contributed by atoms with Gasteiger partial charge in [0.2, 0.25) is 21.8 Å². The normalized spacial score (nSPS) is 12.5. The number of carbonyl (C=O) groups is 2. The first-order valence-electron chi connectivity index (χ1n) is 13.4. The average molecular weight is 564 g/mol. The van der Waals surface area contributed by atoms with Crippen LogP contribution in [-0.4, -0.2) is 49.5 Å². The molecule has 214 valence electrons. The van der Waals surface area contributed by atoms with Crippen molar-refractivity contribution in [1.29, 1.82) is 0 Å². The molecule has 0 heterocycles. The lowest BCUT2D eigenvalue weighted by molar-refractivity contribution is -0.140. The van der Waals surface area contributed by atoms with Gasteiger partial charge < -0.3 is 10.2 Å². The van der Waals surface area contributed by atoms with Crippen LogP contribution in [0.5, 0.6) is 0 Å². The second-order valence-corrected chi connectivity index (χ2v) is 13.4. The van der Waals surface area contributed by atoms with Crippen molar-refractivity contribution in [2.45, 2.75) is 66.1 Å². The van der Waals surface area contributed by atoms with E-state index in [0.717, 1.165) is 38.4 Å². The number of anilines is 1. The molecule has 8 heteroatoms. The molecule has 40 heavy (non-hydrogen) atoms. The number of nitrogens with one attached hydrogen (secondary N) is 1. The lowest BCUT2D eigenvalue weighted by Crippen LogP contribution is -2.56. The van der Waals surface area contributed by atoms with Crippen molar-refractivity contribution in [3.63, 3.8) is 0 Å². The maximum Gasteiger partial charge on any atom is 0.244 e. The standard InChI is InChI=1S/C32H41N3O4S/c1-23-13-16-27(17-14-23)21-34(29(31(37)33-32(4,5)6)20-26-11-9-8-10-12-26)30(36)22-35(40(7,38)39)28-18-15-24(2)25(3)19-28/h8-19,29H,20-22H2,1-7H3,(H,33,37). The minimum absolute atomic E-state index is 0.151. The summed E-state index contributed by atoms with van der Waals surface area (Å²) >= 11 is 0. The van der Waals surface area contributed by atoms with E-state index in [0.29, 0.717) is 5.69 Å². The highest BCUT2D eigenvalue weighted by atomic mass is 32.2. The highest BCUT2D eigenvalue weighted by Gasteiger charge is 2.34. The Balaban J connectivity index is 2.08. The predicted molar refractivity (Wildman–Crippen MR) is 162 cm³/mol. The van der Waals surface area contributed by atoms with Crippen LogP contribution in [0.1, 0.15) is 48.6 Å². The summed E-state index contributed by atoms with van der Waals surface area (Å²) in [5.74, 6) is -0.761. The number of amides is 2. The quantitative estimate of drug-likeness (QED) is 0.379. The van der Waals surface area contributed by atoms with E-state index >= 15 is 0 Å². The molecule has 3 aromatic carbocycles. The van der Waals surface area contributed by atoms with Crippen LogP contribution in [0, 0.1) is 20.8 Å². The fourth-order valence-corrected chi connectivity index (χ4v) is 5.23. The van der Waals surface area contributed by atoms with Gasteiger partial charge in [-0.2, -0.15) is 0 Å². The van der Waals surface area contributed by atoms with Crippen LogP contribution < -0.4 is 9.62 Å². The summed E-state index contributed by atoms with van der Waals surface area (Å²) in [6.07, 6.45) is 1.37. The number of carbonyl (C=O) groups excluding carboxylic acids is 2. The van der Waals surface area contributed by atoms with Crippen LogP contribution >= 0.6 is 0 Å². The number of hydrogen-bond acceptors (Lipinski definition) is 4. The van der Waals surface area contributed by atoms with Gasteiger partial charge in [-0.3, -0.25) is 13.9 Å². The molecule has 0 aliphatic carbocycles. The van der Waals surface area contributed by atoms with E-state index in [1.54, 1.807) is 12.1 Å². The maximum absolute atomic E-state index is 14.1. The second kappa shape index (κ2) is 12.7. The zero-order chi connectivity index (χ0) is 29.7. The third kappa shape index (κ3) is 8.68. The van der Waals surface area contributed by atoms with Crippen molar-refractivity contribution in [2.24, 2.45) is 0 Å². The number of rotatable bonds is 10. The molecule has 1 N–H and O–H groups in total. The van der Waals surface area contributed by atoms with Gasteiger partial charge in [0.05, 0.1) is 11.9 Å². The number of benzene rings is 3. The highest BCUT2D eigenvalue weighted by Crippen LogP contribution is 2.23. The molecule has 7 nitrogen and oxygen atoms in total. The van der Waals surface area contributed by atoms with Gasteiger partial charge >= 0.3 is 0 Å². The molecule has 2 amide bonds. The summed E-state index contributed by atoms with van der Waals surface area (Å²) in [6.45, 7) is 11.2. The molecule has 3 aromatic rings. The van der Waals surface area contributed by atoms with Crippen LogP contribution in [0.3, 0.4) is 0 Å². The molecule has 0 saturated heterocycles. The number of aryl methyl sites for hydroxylation is 3. The first-order chi connectivity index (χ1) is 18.6. The van der Waals surface area contributed by atoms with Crippen LogP contribution in [0.15, 0.2) is 72.8 Å². The fourth-order valence-electron chi connectivity index (χ4n) is 4.39. The Morgan fingerprint density at radius 1 is 0.850 bits per heavy atom. The maximum atomic E-state index is 14.1. The Hall–Kier alpha value is -3.65. The number of hydrogen-bond donors (Lipinski definition) is 1. The lowest BCUT2D eigenvalue weighted by atomic mass is 10.0. The lowest BCUT2D eigenvalue weighted by Gasteiger charge is -2.35. The van der Waals surface area contributed by atoms with Crippen LogP contribution in [0.2, 0.25) is 0 Å². The van der Waals surface area contributed by atoms with Crippen molar-refractivity contribution in [3.8, 4) is 0 Å². The zero-order valence-corrected chi connectivity index (χ0v) is 25.4. The molecule has 1 atom stereocenters. The molecule has 0 radical (unpaired) electrons. The molecule has 1 unspecified atom stereocenters. The summed E-state index contributed by atoms with van der Waals surface area (Å²) in [5, 5.41) is 3.03. The second-order valence-electron chi connectivity index (χ2n) is 11.5. The van der Waals surface area contributed by atoms with Gasteiger partial charge in [-0.05, 0) is 75.9 Å². The van der Waals surface area contributed by atoms with E-state index in [1.807, 2.05) is 102 Å². The zero-order valence-electron chi connectivity index (χ0n) is 24.6. The van der Waals surface area contributed by atoms with E-state index < -0.39 is 34.1 Å². The summed E-state index contributed by atoms with van der Waals surface area (Å²) in [5.41, 5.74) is 4.64. The minimum atomic E-state index is -3.80. The first-order valence-corrected chi connectivity index (χ1v) is 15.2. The molecular weight excluding hydrogens is 522 g/mol. The average Bonchev–Trinajstić information content (AvgIpc) is 2.86. The summed E-state index contributed by atoms with van der Waals surface area (Å²) in [6, 6.07) is 21.7. The summed E-state index contributed by atoms with van der Waals surface area (Å²) in [7, 11) is -3.80. The van der Waals surface area contributed by atoms with E-state index in [4.69, 9.17) is 0 Å². The van der Waals surface area contributed by atoms with Crippen LogP contribution in [0.25, 0.3) is 0 Å². The van der Waals surface area contributed by atoms with E-state index in [1.165, 1.54) is 4.90 Å². The van der Waals surface area contributed by atoms with Gasteiger partial charge in [0, 0.05) is 18.5 Å². The van der Waals surface area contributed by atoms with Crippen molar-refractivity contribution >= 4 is 27.5 Å². The smallest absolute Gasteiger partial charge is 0.244 e. The Kier molecular flexibility index (Phi) is 9.79. The molecule has 0 aliphatic heterocycles. The molecule has 0 fully saturated rings. The van der Waals surface area contributed by atoms with Gasteiger partial charge in [-0.1, -0.05) is 66.2 Å². The Morgan fingerprint density at radius 2 is 1.48 bits per heavy atom. The minimum Gasteiger partial charge on any atom is -0.350 e. The van der Waals surface area contributed by atoms with Gasteiger partial charge in [0.15, 0.2) is 0 Å². The van der Waals surface area contributed by atoms with Gasteiger partial charge in [0.1, 0.15) is 12.6 Å². The van der Waals surface area contributed by atoms with Crippen LogP contribution in [0.4, 0.5) is 5.69 Å². The van der Waals surface area contributed by atoms with Crippen molar-refractivity contribution in [2.75, 3.05) is 17.1 Å². The fraction of sp³-hybridized carbons (Fsp3) is 0.375.